The van der Waals surface area contributed by atoms with Crippen molar-refractivity contribution in [1.29, 1.82) is 0 Å². The first-order valence-corrected chi connectivity index (χ1v) is 8.57. The van der Waals surface area contributed by atoms with E-state index in [-0.39, 0.29) is 5.97 Å². The van der Waals surface area contributed by atoms with Crippen LogP contribution in [0.4, 0.5) is 0 Å². The predicted molar refractivity (Wildman–Crippen MR) is 97.2 cm³/mol. The van der Waals surface area contributed by atoms with Crippen molar-refractivity contribution in [2.24, 2.45) is 5.92 Å². The van der Waals surface area contributed by atoms with Crippen LogP contribution in [-0.2, 0) is 9.53 Å². The molecule has 2 aromatic carbocycles. The summed E-state index contributed by atoms with van der Waals surface area (Å²) in [4.78, 5) is 11.9. The van der Waals surface area contributed by atoms with Crippen molar-refractivity contribution < 1.29 is 9.53 Å². The van der Waals surface area contributed by atoms with Gasteiger partial charge in [0.25, 0.3) is 0 Å². The Balaban J connectivity index is 1.95. The molecule has 0 amide bonds. The van der Waals surface area contributed by atoms with Gasteiger partial charge in [0.1, 0.15) is 0 Å². The van der Waals surface area contributed by atoms with E-state index in [1.165, 1.54) is 24.3 Å². The summed E-state index contributed by atoms with van der Waals surface area (Å²) in [5, 5.41) is 2.32. The highest BCUT2D eigenvalue weighted by atomic mass is 16.5. The smallest absolute Gasteiger partial charge is 0.330 e. The van der Waals surface area contributed by atoms with E-state index in [9.17, 15) is 4.79 Å². The second-order valence-electron chi connectivity index (χ2n) is 5.95. The number of hydrogen-bond acceptors (Lipinski definition) is 2. The summed E-state index contributed by atoms with van der Waals surface area (Å²) in [5.41, 5.74) is 1.04. The highest BCUT2D eigenvalue weighted by molar-refractivity contribution is 5.94. The van der Waals surface area contributed by atoms with Gasteiger partial charge in [-0.3, -0.25) is 0 Å². The lowest BCUT2D eigenvalue weighted by Crippen LogP contribution is -2.12. The molecular weight excluding hydrogens is 284 g/mol. The van der Waals surface area contributed by atoms with E-state index in [0.717, 1.165) is 23.8 Å². The van der Waals surface area contributed by atoms with Crippen molar-refractivity contribution in [2.75, 3.05) is 6.61 Å². The minimum Gasteiger partial charge on any atom is -0.462 e. The fourth-order valence-corrected chi connectivity index (χ4v) is 2.70. The summed E-state index contributed by atoms with van der Waals surface area (Å²) in [6.45, 7) is 4.86. The van der Waals surface area contributed by atoms with Gasteiger partial charge in [0.05, 0.1) is 6.61 Å². The Morgan fingerprint density at radius 1 is 1.13 bits per heavy atom. The van der Waals surface area contributed by atoms with Gasteiger partial charge < -0.3 is 4.74 Å². The number of fused-ring (bicyclic) bond motifs is 1. The number of carbonyl (C=O) groups is 1. The van der Waals surface area contributed by atoms with Gasteiger partial charge in [-0.15, -0.1) is 0 Å². The number of hydrogen-bond donors (Lipinski definition) is 0. The zero-order chi connectivity index (χ0) is 16.5. The maximum absolute atomic E-state index is 11.9. The van der Waals surface area contributed by atoms with Crippen LogP contribution in [0.2, 0.25) is 0 Å². The van der Waals surface area contributed by atoms with E-state index in [1.54, 1.807) is 0 Å². The molecule has 2 rings (SSSR count). The highest BCUT2D eigenvalue weighted by Gasteiger charge is 2.08. The van der Waals surface area contributed by atoms with Crippen molar-refractivity contribution in [3.8, 4) is 0 Å². The molecule has 0 aliphatic rings. The first-order chi connectivity index (χ1) is 11.2. The van der Waals surface area contributed by atoms with Crippen LogP contribution in [-0.4, -0.2) is 12.6 Å². The average molecular weight is 310 g/mol. The van der Waals surface area contributed by atoms with Gasteiger partial charge in [-0.05, 0) is 34.8 Å². The summed E-state index contributed by atoms with van der Waals surface area (Å²) in [7, 11) is 0. The Labute approximate surface area is 139 Å². The van der Waals surface area contributed by atoms with Gasteiger partial charge >= 0.3 is 5.97 Å². The minimum atomic E-state index is -0.257. The molecule has 0 heterocycles. The lowest BCUT2D eigenvalue weighted by Gasteiger charge is -2.13. The zero-order valence-electron chi connectivity index (χ0n) is 14.1. The largest absolute Gasteiger partial charge is 0.462 e. The van der Waals surface area contributed by atoms with E-state index in [4.69, 9.17) is 4.74 Å². The Hall–Kier alpha value is -2.09. The van der Waals surface area contributed by atoms with E-state index < -0.39 is 0 Å². The van der Waals surface area contributed by atoms with Crippen LogP contribution in [0.25, 0.3) is 16.8 Å². The lowest BCUT2D eigenvalue weighted by atomic mass is 10.0. The molecule has 122 valence electrons. The average Bonchev–Trinajstić information content (AvgIpc) is 2.60. The van der Waals surface area contributed by atoms with Crippen LogP contribution in [0.15, 0.2) is 48.5 Å². The third-order valence-corrected chi connectivity index (χ3v) is 4.23. The van der Waals surface area contributed by atoms with E-state index in [0.29, 0.717) is 12.5 Å². The van der Waals surface area contributed by atoms with Crippen LogP contribution in [0, 0.1) is 5.92 Å². The maximum atomic E-state index is 11.9. The van der Waals surface area contributed by atoms with Gasteiger partial charge in [-0.25, -0.2) is 4.79 Å². The molecule has 0 radical (unpaired) electrons. The van der Waals surface area contributed by atoms with Crippen molar-refractivity contribution >= 4 is 22.8 Å². The number of unbranched alkanes of at least 4 members (excludes halogenated alkanes) is 1. The van der Waals surface area contributed by atoms with Gasteiger partial charge in [-0.1, -0.05) is 75.6 Å². The number of esters is 1. The summed E-state index contributed by atoms with van der Waals surface area (Å²) < 4.78 is 5.40. The van der Waals surface area contributed by atoms with E-state index in [1.807, 2.05) is 30.3 Å². The molecule has 2 nitrogen and oxygen atoms in total. The fourth-order valence-electron chi connectivity index (χ4n) is 2.70. The van der Waals surface area contributed by atoms with Gasteiger partial charge in [0.2, 0.25) is 0 Å². The molecule has 0 spiro atoms. The van der Waals surface area contributed by atoms with Crippen molar-refractivity contribution in [3.05, 3.63) is 54.1 Å². The molecule has 0 aromatic heterocycles. The number of rotatable bonds is 8. The third-order valence-electron chi connectivity index (χ3n) is 4.23. The Morgan fingerprint density at radius 2 is 1.91 bits per heavy atom. The van der Waals surface area contributed by atoms with E-state index >= 15 is 0 Å². The quantitative estimate of drug-likeness (QED) is 0.468. The number of benzene rings is 2. The molecule has 0 saturated heterocycles. The first-order valence-electron chi connectivity index (χ1n) is 8.57. The monoisotopic (exact) mass is 310 g/mol. The highest BCUT2D eigenvalue weighted by Crippen LogP contribution is 2.19. The van der Waals surface area contributed by atoms with Crippen LogP contribution < -0.4 is 0 Å². The SMILES string of the molecule is CCCCC(CC)COC(=O)C=Cc1cccc2ccccc12. The van der Waals surface area contributed by atoms with Crippen molar-refractivity contribution in [1.82, 2.24) is 0 Å². The van der Waals surface area contributed by atoms with Gasteiger partial charge in [-0.2, -0.15) is 0 Å². The first kappa shape index (κ1) is 17.3. The van der Waals surface area contributed by atoms with Crippen LogP contribution in [0.3, 0.4) is 0 Å². The molecule has 23 heavy (non-hydrogen) atoms. The van der Waals surface area contributed by atoms with E-state index in [2.05, 4.69) is 32.0 Å². The third kappa shape index (κ3) is 5.24. The molecule has 0 aliphatic carbocycles. The molecule has 2 aromatic rings. The Kier molecular flexibility index (Phi) is 6.86. The Bertz CT molecular complexity index is 652. The maximum Gasteiger partial charge on any atom is 0.330 e. The summed E-state index contributed by atoms with van der Waals surface area (Å²) in [5.74, 6) is 0.220. The molecule has 1 atom stereocenters. The molecule has 0 N–H and O–H groups in total. The second-order valence-corrected chi connectivity index (χ2v) is 5.95. The normalized spacial score (nSPS) is 12.6. The van der Waals surface area contributed by atoms with Gasteiger partial charge in [0.15, 0.2) is 0 Å². The number of carbonyl (C=O) groups excluding carboxylic acids is 1. The summed E-state index contributed by atoms with van der Waals surface area (Å²) >= 11 is 0. The van der Waals surface area contributed by atoms with Crippen LogP contribution in [0.1, 0.15) is 45.1 Å². The summed E-state index contributed by atoms with van der Waals surface area (Å²) in [6, 6.07) is 14.3. The van der Waals surface area contributed by atoms with Crippen molar-refractivity contribution in [3.63, 3.8) is 0 Å². The summed E-state index contributed by atoms with van der Waals surface area (Å²) in [6.07, 6.45) is 7.95. The van der Waals surface area contributed by atoms with Crippen LogP contribution >= 0.6 is 0 Å². The standard InChI is InChI=1S/C21H26O2/c1-3-5-9-17(4-2)16-23-21(22)15-14-19-12-8-11-18-10-6-7-13-20(18)19/h6-8,10-15,17H,3-5,9,16H2,1-2H3. The Morgan fingerprint density at radius 3 is 2.70 bits per heavy atom. The molecular formula is C21H26O2. The molecule has 1 unspecified atom stereocenters. The topological polar surface area (TPSA) is 26.3 Å². The van der Waals surface area contributed by atoms with Crippen LogP contribution in [0.5, 0.6) is 0 Å². The molecule has 0 fully saturated rings. The zero-order valence-corrected chi connectivity index (χ0v) is 14.1. The molecule has 2 heteroatoms. The number of ether oxygens (including phenoxy) is 1. The fraction of sp³-hybridized carbons (Fsp3) is 0.381. The molecule has 0 saturated carbocycles. The molecule has 0 aliphatic heterocycles. The molecule has 0 bridgehead atoms. The second kappa shape index (κ2) is 9.14. The minimum absolute atomic E-state index is 0.257. The predicted octanol–water partition coefficient (Wildman–Crippen LogP) is 5.61. The lowest BCUT2D eigenvalue weighted by molar-refractivity contribution is -0.139. The van der Waals surface area contributed by atoms with Gasteiger partial charge in [0, 0.05) is 6.08 Å². The van der Waals surface area contributed by atoms with Crippen molar-refractivity contribution in [2.45, 2.75) is 39.5 Å².